The zero-order chi connectivity index (χ0) is 10.8. The van der Waals surface area contributed by atoms with Crippen LogP contribution in [-0.2, 0) is 0 Å². The van der Waals surface area contributed by atoms with E-state index in [4.69, 9.17) is 11.1 Å². The van der Waals surface area contributed by atoms with Crippen molar-refractivity contribution in [2.75, 3.05) is 23.7 Å². The third kappa shape index (κ3) is 1.88. The maximum absolute atomic E-state index is 9.19. The van der Waals surface area contributed by atoms with Crippen LogP contribution in [-0.4, -0.2) is 28.0 Å². The molecule has 1 fully saturated rings. The summed E-state index contributed by atoms with van der Waals surface area (Å²) in [4.78, 5) is 6.04. The monoisotopic (exact) mass is 209 g/mol. The standard InChI is InChI=1S/C9H15N5O/c10-7-6-14(15)9(11)12-8(7)13-4-2-1-3-5-13/h6,11,15H,1-5,10H2. The summed E-state index contributed by atoms with van der Waals surface area (Å²) in [5, 5.41) is 16.6. The molecule has 0 unspecified atom stereocenters. The molecule has 0 radical (unpaired) electrons. The van der Waals surface area contributed by atoms with Crippen LogP contribution in [0.15, 0.2) is 6.20 Å². The summed E-state index contributed by atoms with van der Waals surface area (Å²) in [5.74, 6) is 0.616. The molecule has 82 valence electrons. The molecule has 2 heterocycles. The van der Waals surface area contributed by atoms with Gasteiger partial charge in [0.15, 0.2) is 5.82 Å². The van der Waals surface area contributed by atoms with Gasteiger partial charge in [-0.1, -0.05) is 0 Å². The van der Waals surface area contributed by atoms with Crippen LogP contribution < -0.4 is 16.3 Å². The van der Waals surface area contributed by atoms with E-state index in [2.05, 4.69) is 9.88 Å². The Morgan fingerprint density at radius 1 is 1.33 bits per heavy atom. The molecule has 15 heavy (non-hydrogen) atoms. The van der Waals surface area contributed by atoms with E-state index in [9.17, 15) is 5.21 Å². The predicted octanol–water partition coefficient (Wildman–Crippen LogP) is 0.172. The molecular formula is C9H15N5O. The largest absolute Gasteiger partial charge is 0.425 e. The second-order valence-electron chi connectivity index (χ2n) is 3.74. The molecule has 1 saturated heterocycles. The SMILES string of the molecule is N=c1nc(N2CCCCC2)c(N)cn1O. The second-order valence-corrected chi connectivity index (χ2v) is 3.74. The number of piperidine rings is 1. The first-order chi connectivity index (χ1) is 7.18. The van der Waals surface area contributed by atoms with Gasteiger partial charge in [0.2, 0.25) is 0 Å². The Morgan fingerprint density at radius 3 is 2.67 bits per heavy atom. The Hall–Kier alpha value is -1.72. The topological polar surface area (TPSA) is 91.2 Å². The highest BCUT2D eigenvalue weighted by Gasteiger charge is 2.15. The molecule has 1 aromatic rings. The summed E-state index contributed by atoms with van der Waals surface area (Å²) < 4.78 is 0.628. The van der Waals surface area contributed by atoms with E-state index in [0.717, 1.165) is 25.9 Å². The van der Waals surface area contributed by atoms with Gasteiger partial charge in [0, 0.05) is 13.1 Å². The lowest BCUT2D eigenvalue weighted by Crippen LogP contribution is -2.34. The molecule has 1 aliphatic heterocycles. The highest BCUT2D eigenvalue weighted by Crippen LogP contribution is 2.21. The lowest BCUT2D eigenvalue weighted by atomic mass is 10.1. The molecular weight excluding hydrogens is 194 g/mol. The van der Waals surface area contributed by atoms with Gasteiger partial charge in [0.1, 0.15) is 0 Å². The minimum atomic E-state index is -0.190. The summed E-state index contributed by atoms with van der Waals surface area (Å²) in [6.07, 6.45) is 4.81. The summed E-state index contributed by atoms with van der Waals surface area (Å²) in [5.41, 5.74) is 5.98. The number of nitrogens with two attached hydrogens (primary N) is 1. The molecule has 4 N–H and O–H groups in total. The summed E-state index contributed by atoms with van der Waals surface area (Å²) in [6, 6.07) is 0. The first-order valence-corrected chi connectivity index (χ1v) is 5.06. The summed E-state index contributed by atoms with van der Waals surface area (Å²) in [7, 11) is 0. The molecule has 0 atom stereocenters. The maximum atomic E-state index is 9.19. The van der Waals surface area contributed by atoms with Gasteiger partial charge in [-0.05, 0) is 19.3 Å². The van der Waals surface area contributed by atoms with Crippen LogP contribution in [0, 0.1) is 5.41 Å². The van der Waals surface area contributed by atoms with Crippen LogP contribution >= 0.6 is 0 Å². The number of anilines is 2. The lowest BCUT2D eigenvalue weighted by Gasteiger charge is -2.28. The fourth-order valence-electron chi connectivity index (χ4n) is 1.83. The van der Waals surface area contributed by atoms with Gasteiger partial charge >= 0.3 is 0 Å². The van der Waals surface area contributed by atoms with E-state index in [0.29, 0.717) is 16.2 Å². The van der Waals surface area contributed by atoms with Gasteiger partial charge in [-0.3, -0.25) is 5.41 Å². The second kappa shape index (κ2) is 3.80. The molecule has 2 rings (SSSR count). The minimum Gasteiger partial charge on any atom is -0.425 e. The third-order valence-electron chi connectivity index (χ3n) is 2.60. The van der Waals surface area contributed by atoms with Crippen LogP contribution in [0.5, 0.6) is 0 Å². The van der Waals surface area contributed by atoms with Crippen molar-refractivity contribution >= 4 is 11.5 Å². The van der Waals surface area contributed by atoms with Crippen molar-refractivity contribution in [3.05, 3.63) is 11.8 Å². The number of nitrogens with one attached hydrogen (secondary N) is 1. The van der Waals surface area contributed by atoms with E-state index in [1.165, 1.54) is 12.6 Å². The molecule has 6 heteroatoms. The Kier molecular flexibility index (Phi) is 2.49. The van der Waals surface area contributed by atoms with Gasteiger partial charge in [0.05, 0.1) is 11.9 Å². The van der Waals surface area contributed by atoms with E-state index in [-0.39, 0.29) is 5.62 Å². The van der Waals surface area contributed by atoms with Gasteiger partial charge in [-0.25, -0.2) is 0 Å². The van der Waals surface area contributed by atoms with Crippen LogP contribution in [0.3, 0.4) is 0 Å². The number of rotatable bonds is 1. The van der Waals surface area contributed by atoms with E-state index in [1.807, 2.05) is 0 Å². The Balaban J connectivity index is 2.34. The number of nitrogens with zero attached hydrogens (tertiary/aromatic N) is 3. The quantitative estimate of drug-likeness (QED) is 0.575. The highest BCUT2D eigenvalue weighted by molar-refractivity contribution is 5.61. The van der Waals surface area contributed by atoms with Gasteiger partial charge in [0.25, 0.3) is 5.62 Å². The van der Waals surface area contributed by atoms with E-state index < -0.39 is 0 Å². The summed E-state index contributed by atoms with van der Waals surface area (Å²) in [6.45, 7) is 1.85. The van der Waals surface area contributed by atoms with Crippen LogP contribution in [0.2, 0.25) is 0 Å². The van der Waals surface area contributed by atoms with Gasteiger partial charge in [-0.2, -0.15) is 9.71 Å². The third-order valence-corrected chi connectivity index (χ3v) is 2.60. The van der Waals surface area contributed by atoms with Crippen molar-refractivity contribution < 1.29 is 5.21 Å². The number of aromatic nitrogens is 2. The molecule has 1 aliphatic rings. The van der Waals surface area contributed by atoms with Crippen molar-refractivity contribution in [3.63, 3.8) is 0 Å². The molecule has 1 aromatic heterocycles. The van der Waals surface area contributed by atoms with Crippen molar-refractivity contribution in [2.45, 2.75) is 19.3 Å². The first-order valence-electron chi connectivity index (χ1n) is 5.06. The average molecular weight is 209 g/mol. The molecule has 0 aromatic carbocycles. The Morgan fingerprint density at radius 2 is 2.00 bits per heavy atom. The van der Waals surface area contributed by atoms with Crippen LogP contribution in [0.25, 0.3) is 0 Å². The van der Waals surface area contributed by atoms with Crippen molar-refractivity contribution in [3.8, 4) is 0 Å². The van der Waals surface area contributed by atoms with Crippen LogP contribution in [0.1, 0.15) is 19.3 Å². The number of nitrogen functional groups attached to an aromatic ring is 1. The summed E-state index contributed by atoms with van der Waals surface area (Å²) >= 11 is 0. The van der Waals surface area contributed by atoms with E-state index in [1.54, 1.807) is 0 Å². The zero-order valence-corrected chi connectivity index (χ0v) is 8.48. The maximum Gasteiger partial charge on any atom is 0.257 e. The van der Waals surface area contributed by atoms with Crippen molar-refractivity contribution in [2.24, 2.45) is 0 Å². The number of hydrogen-bond acceptors (Lipinski definition) is 5. The molecule has 0 spiro atoms. The predicted molar refractivity (Wildman–Crippen MR) is 55.7 cm³/mol. The Labute approximate surface area is 87.4 Å². The molecule has 6 nitrogen and oxygen atoms in total. The number of hydrogen-bond donors (Lipinski definition) is 3. The van der Waals surface area contributed by atoms with Crippen molar-refractivity contribution in [1.29, 1.82) is 5.41 Å². The lowest BCUT2D eigenvalue weighted by molar-refractivity contribution is 0.166. The average Bonchev–Trinajstić information content (AvgIpc) is 2.25. The fraction of sp³-hybridized carbons (Fsp3) is 0.556. The first kappa shape index (κ1) is 9.82. The van der Waals surface area contributed by atoms with Crippen molar-refractivity contribution in [1.82, 2.24) is 9.71 Å². The van der Waals surface area contributed by atoms with Crippen LogP contribution in [0.4, 0.5) is 11.5 Å². The molecule has 0 bridgehead atoms. The zero-order valence-electron chi connectivity index (χ0n) is 8.48. The van der Waals surface area contributed by atoms with E-state index >= 15 is 0 Å². The fourth-order valence-corrected chi connectivity index (χ4v) is 1.83. The minimum absolute atomic E-state index is 0.190. The molecule has 0 amide bonds. The Bertz CT molecular complexity index is 407. The van der Waals surface area contributed by atoms with Gasteiger partial charge in [-0.15, -0.1) is 0 Å². The molecule has 0 saturated carbocycles. The highest BCUT2D eigenvalue weighted by atomic mass is 16.5. The normalized spacial score (nSPS) is 16.7. The smallest absolute Gasteiger partial charge is 0.257 e. The van der Waals surface area contributed by atoms with Gasteiger partial charge < -0.3 is 15.8 Å². The molecule has 0 aliphatic carbocycles.